The zero-order valence-electron chi connectivity index (χ0n) is 23.3. The van der Waals surface area contributed by atoms with Gasteiger partial charge in [0.1, 0.15) is 0 Å². The van der Waals surface area contributed by atoms with Crippen molar-refractivity contribution in [3.8, 4) is 66.8 Å². The quantitative estimate of drug-likeness (QED) is 0.204. The standard InChI is InChI=1S/C41H25NS/c1-2-13-31-30(12-1)32-14-3-4-15-34(32)36-20-8-18-28(40(36)35-17-6-5-16-33(31)35)26-10-7-11-27(24-26)29-19-9-21-37-38-25-42-23-22-39(38)43-41(29)37/h1-25H. The molecule has 200 valence electrons. The minimum atomic E-state index is 1.22. The van der Waals surface area contributed by atoms with Crippen molar-refractivity contribution >= 4 is 31.5 Å². The average molecular weight is 564 g/mol. The number of nitrogens with zero attached hydrogens (tertiary/aromatic N) is 1. The van der Waals surface area contributed by atoms with Gasteiger partial charge in [0, 0.05) is 32.6 Å². The van der Waals surface area contributed by atoms with E-state index in [2.05, 4.69) is 145 Å². The van der Waals surface area contributed by atoms with Gasteiger partial charge in [-0.25, -0.2) is 0 Å². The highest BCUT2D eigenvalue weighted by molar-refractivity contribution is 7.26. The Bertz CT molecular complexity index is 2350. The highest BCUT2D eigenvalue weighted by Crippen LogP contribution is 2.50. The van der Waals surface area contributed by atoms with E-state index in [1.54, 1.807) is 0 Å². The lowest BCUT2D eigenvalue weighted by molar-refractivity contribution is 1.37. The molecule has 0 spiro atoms. The van der Waals surface area contributed by atoms with Crippen LogP contribution in [0.3, 0.4) is 0 Å². The number of thiophene rings is 1. The highest BCUT2D eigenvalue weighted by atomic mass is 32.1. The molecule has 0 saturated heterocycles. The van der Waals surface area contributed by atoms with E-state index < -0.39 is 0 Å². The molecule has 0 saturated carbocycles. The third kappa shape index (κ3) is 3.74. The van der Waals surface area contributed by atoms with Crippen LogP contribution in [0.15, 0.2) is 152 Å². The number of pyridine rings is 1. The van der Waals surface area contributed by atoms with Crippen LogP contribution in [-0.2, 0) is 0 Å². The van der Waals surface area contributed by atoms with Crippen molar-refractivity contribution in [2.45, 2.75) is 0 Å². The van der Waals surface area contributed by atoms with Crippen molar-refractivity contribution in [3.63, 3.8) is 0 Å². The first-order valence-electron chi connectivity index (χ1n) is 14.6. The van der Waals surface area contributed by atoms with Crippen LogP contribution in [0.25, 0.3) is 86.9 Å². The van der Waals surface area contributed by atoms with E-state index >= 15 is 0 Å². The van der Waals surface area contributed by atoms with Crippen molar-refractivity contribution in [2.75, 3.05) is 0 Å². The van der Waals surface area contributed by atoms with Gasteiger partial charge in [-0.2, -0.15) is 0 Å². The highest BCUT2D eigenvalue weighted by Gasteiger charge is 2.24. The molecule has 1 aliphatic rings. The Labute approximate surface area is 254 Å². The lowest BCUT2D eigenvalue weighted by atomic mass is 9.78. The molecular weight excluding hydrogens is 539 g/mol. The summed E-state index contributed by atoms with van der Waals surface area (Å²) in [6.07, 6.45) is 3.87. The zero-order chi connectivity index (χ0) is 28.3. The van der Waals surface area contributed by atoms with Crippen LogP contribution < -0.4 is 0 Å². The number of rotatable bonds is 2. The van der Waals surface area contributed by atoms with E-state index in [1.807, 2.05) is 23.7 Å². The summed E-state index contributed by atoms with van der Waals surface area (Å²) < 4.78 is 2.58. The summed E-state index contributed by atoms with van der Waals surface area (Å²) >= 11 is 1.85. The molecule has 1 aliphatic carbocycles. The van der Waals surface area contributed by atoms with Gasteiger partial charge in [0.25, 0.3) is 0 Å². The molecule has 0 unspecified atom stereocenters. The Morgan fingerprint density at radius 3 is 1.63 bits per heavy atom. The van der Waals surface area contributed by atoms with Gasteiger partial charge in [0.2, 0.25) is 0 Å². The second-order valence-electron chi connectivity index (χ2n) is 11.1. The third-order valence-electron chi connectivity index (χ3n) is 8.77. The van der Waals surface area contributed by atoms with Crippen LogP contribution >= 0.6 is 11.3 Å². The maximum atomic E-state index is 4.40. The molecule has 9 rings (SSSR count). The van der Waals surface area contributed by atoms with Crippen LogP contribution in [0.1, 0.15) is 0 Å². The molecule has 2 heterocycles. The molecular formula is C41H25NS. The van der Waals surface area contributed by atoms with Gasteiger partial charge in [-0.15, -0.1) is 11.3 Å². The Morgan fingerprint density at radius 2 is 0.907 bits per heavy atom. The van der Waals surface area contributed by atoms with Crippen molar-refractivity contribution in [2.24, 2.45) is 0 Å². The predicted octanol–water partition coefficient (Wildman–Crippen LogP) is 11.8. The number of aromatic nitrogens is 1. The van der Waals surface area contributed by atoms with Gasteiger partial charge in [0.05, 0.1) is 0 Å². The molecule has 2 aromatic heterocycles. The molecule has 0 amide bonds. The van der Waals surface area contributed by atoms with E-state index in [9.17, 15) is 0 Å². The Balaban J connectivity index is 1.31. The first kappa shape index (κ1) is 24.3. The molecule has 0 atom stereocenters. The molecule has 0 bridgehead atoms. The number of hydrogen-bond donors (Lipinski definition) is 0. The second kappa shape index (κ2) is 9.62. The van der Waals surface area contributed by atoms with Crippen molar-refractivity contribution in [3.05, 3.63) is 152 Å². The van der Waals surface area contributed by atoms with Gasteiger partial charge in [0.15, 0.2) is 0 Å². The average Bonchev–Trinajstić information content (AvgIpc) is 3.46. The normalized spacial score (nSPS) is 11.7. The second-order valence-corrected chi connectivity index (χ2v) is 12.2. The minimum Gasteiger partial charge on any atom is -0.264 e. The number of fused-ring (bicyclic) bond motifs is 11. The van der Waals surface area contributed by atoms with E-state index in [-0.39, 0.29) is 0 Å². The SMILES string of the molecule is c1cc(-c2cccc3c2-c2ccccc2-c2ccccc2-c2ccccc2-3)cc(-c2cccc3c2sc2ccncc23)c1. The summed E-state index contributed by atoms with van der Waals surface area (Å²) in [6.45, 7) is 0. The molecule has 0 N–H and O–H groups in total. The van der Waals surface area contributed by atoms with Gasteiger partial charge in [-0.1, -0.05) is 127 Å². The summed E-state index contributed by atoms with van der Waals surface area (Å²) in [5.74, 6) is 0. The summed E-state index contributed by atoms with van der Waals surface area (Å²) in [4.78, 5) is 4.40. The Hall–Kier alpha value is -5.31. The third-order valence-corrected chi connectivity index (χ3v) is 9.99. The van der Waals surface area contributed by atoms with Crippen molar-refractivity contribution in [1.82, 2.24) is 4.98 Å². The fourth-order valence-electron chi connectivity index (χ4n) is 6.87. The molecule has 43 heavy (non-hydrogen) atoms. The van der Waals surface area contributed by atoms with Crippen LogP contribution in [0.5, 0.6) is 0 Å². The molecule has 6 aromatic carbocycles. The lowest BCUT2D eigenvalue weighted by Crippen LogP contribution is -1.98. The first-order valence-corrected chi connectivity index (χ1v) is 15.4. The number of hydrogen-bond acceptors (Lipinski definition) is 2. The monoisotopic (exact) mass is 563 g/mol. The molecule has 0 radical (unpaired) electrons. The van der Waals surface area contributed by atoms with Crippen LogP contribution in [-0.4, -0.2) is 4.98 Å². The van der Waals surface area contributed by atoms with E-state index in [1.165, 1.54) is 86.9 Å². The van der Waals surface area contributed by atoms with Gasteiger partial charge < -0.3 is 0 Å². The molecule has 1 nitrogen and oxygen atoms in total. The zero-order valence-corrected chi connectivity index (χ0v) is 24.1. The fourth-order valence-corrected chi connectivity index (χ4v) is 8.08. The fraction of sp³-hybridized carbons (Fsp3) is 0. The van der Waals surface area contributed by atoms with E-state index in [0.29, 0.717) is 0 Å². The maximum Gasteiger partial charge on any atom is 0.0434 e. The van der Waals surface area contributed by atoms with Crippen molar-refractivity contribution < 1.29 is 0 Å². The van der Waals surface area contributed by atoms with Crippen LogP contribution in [0.4, 0.5) is 0 Å². The summed E-state index contributed by atoms with van der Waals surface area (Å²) in [5, 5.41) is 2.49. The molecule has 2 heteroatoms. The molecule has 0 fully saturated rings. The summed E-state index contributed by atoms with van der Waals surface area (Å²) in [5.41, 5.74) is 15.1. The number of benzene rings is 6. The maximum absolute atomic E-state index is 4.40. The van der Waals surface area contributed by atoms with Crippen molar-refractivity contribution in [1.29, 1.82) is 0 Å². The van der Waals surface area contributed by atoms with E-state index in [4.69, 9.17) is 0 Å². The Kier molecular flexibility index (Phi) is 5.44. The minimum absolute atomic E-state index is 1.22. The molecule has 8 aromatic rings. The van der Waals surface area contributed by atoms with Gasteiger partial charge in [-0.3, -0.25) is 4.98 Å². The molecule has 0 aliphatic heterocycles. The van der Waals surface area contributed by atoms with Crippen LogP contribution in [0.2, 0.25) is 0 Å². The summed E-state index contributed by atoms with van der Waals surface area (Å²) in [6, 6.07) is 51.2. The van der Waals surface area contributed by atoms with Gasteiger partial charge >= 0.3 is 0 Å². The van der Waals surface area contributed by atoms with Gasteiger partial charge in [-0.05, 0) is 78.9 Å². The lowest BCUT2D eigenvalue weighted by Gasteiger charge is -2.25. The first-order chi connectivity index (χ1) is 21.3. The largest absolute Gasteiger partial charge is 0.264 e. The smallest absolute Gasteiger partial charge is 0.0434 e. The topological polar surface area (TPSA) is 12.9 Å². The predicted molar refractivity (Wildman–Crippen MR) is 183 cm³/mol. The summed E-state index contributed by atoms with van der Waals surface area (Å²) in [7, 11) is 0. The Morgan fingerprint density at radius 1 is 0.395 bits per heavy atom. The van der Waals surface area contributed by atoms with E-state index in [0.717, 1.165) is 0 Å². The van der Waals surface area contributed by atoms with Crippen LogP contribution in [0, 0.1) is 0 Å².